The summed E-state index contributed by atoms with van der Waals surface area (Å²) in [5.74, 6) is -3.33. The van der Waals surface area contributed by atoms with Gasteiger partial charge in [0.2, 0.25) is 0 Å². The number of fused-ring (bicyclic) bond motifs is 1. The maximum Gasteiger partial charge on any atom is 0.335 e. The predicted molar refractivity (Wildman–Crippen MR) is 108 cm³/mol. The van der Waals surface area contributed by atoms with Crippen molar-refractivity contribution >= 4 is 29.3 Å². The lowest BCUT2D eigenvalue weighted by Gasteiger charge is -2.33. The molecule has 0 aromatic heterocycles. The summed E-state index contributed by atoms with van der Waals surface area (Å²) >= 11 is 6.17. The molecule has 0 saturated carbocycles. The predicted octanol–water partition coefficient (Wildman–Crippen LogP) is 1.13. The molecule has 5 N–H and O–H groups in total. The fraction of sp³-hybridized carbons (Fsp3) is 0.350. The number of benzene rings is 1. The van der Waals surface area contributed by atoms with Gasteiger partial charge in [0.15, 0.2) is 12.2 Å². The maximum absolute atomic E-state index is 9.77. The third kappa shape index (κ3) is 5.74. The molecular weight excluding hydrogens is 400 g/mol. The summed E-state index contributed by atoms with van der Waals surface area (Å²) in [5.41, 5.74) is 3.88. The maximum atomic E-state index is 9.77. The minimum Gasteiger partial charge on any atom is -0.479 e. The van der Waals surface area contributed by atoms with E-state index in [4.69, 9.17) is 32.0 Å². The van der Waals surface area contributed by atoms with Crippen molar-refractivity contribution in [2.45, 2.75) is 24.7 Å². The fourth-order valence-electron chi connectivity index (χ4n) is 3.21. The molecule has 1 aliphatic heterocycles. The molecule has 1 aliphatic carbocycles. The van der Waals surface area contributed by atoms with Crippen LogP contribution in [0.25, 0.3) is 0 Å². The molecule has 0 bridgehead atoms. The van der Waals surface area contributed by atoms with Gasteiger partial charge >= 0.3 is 11.9 Å². The van der Waals surface area contributed by atoms with E-state index in [1.807, 2.05) is 19.2 Å². The Morgan fingerprint density at radius 1 is 1.14 bits per heavy atom. The number of rotatable bonds is 4. The molecule has 3 rings (SSSR count). The molecule has 8 nitrogen and oxygen atoms in total. The topological polar surface area (TPSA) is 139 Å². The van der Waals surface area contributed by atoms with Crippen LogP contribution in [0.2, 0.25) is 0 Å². The van der Waals surface area contributed by atoms with Gasteiger partial charge in [-0.05, 0) is 36.2 Å². The van der Waals surface area contributed by atoms with Gasteiger partial charge in [-0.15, -0.1) is 0 Å². The van der Waals surface area contributed by atoms with Crippen molar-refractivity contribution in [3.8, 4) is 0 Å². The van der Waals surface area contributed by atoms with E-state index in [2.05, 4.69) is 40.7 Å². The Labute approximate surface area is 172 Å². The lowest BCUT2D eigenvalue weighted by Crippen LogP contribution is -2.39. The average Bonchev–Trinajstić information content (AvgIpc) is 2.72. The number of nitrogens with zero attached hydrogens (tertiary/aromatic N) is 1. The second kappa shape index (κ2) is 10.3. The number of hydrogen-bond acceptors (Lipinski definition) is 6. The van der Waals surface area contributed by atoms with E-state index < -0.39 is 24.1 Å². The highest BCUT2D eigenvalue weighted by Crippen LogP contribution is 2.33. The number of nitrogens with one attached hydrogen (secondary N) is 1. The van der Waals surface area contributed by atoms with Crippen LogP contribution in [0, 0.1) is 5.92 Å². The molecule has 29 heavy (non-hydrogen) atoms. The normalized spacial score (nSPS) is 23.9. The number of allylic oxidation sites excluding steroid dienone is 3. The number of aliphatic imine (C=N–C) groups is 1. The van der Waals surface area contributed by atoms with Crippen molar-refractivity contribution in [2.75, 3.05) is 13.6 Å². The molecule has 0 radical (unpaired) electrons. The Hall–Kier alpha value is -2.52. The molecule has 0 spiro atoms. The number of aliphatic hydroxyl groups is 2. The molecule has 4 unspecified atom stereocenters. The molecule has 2 aliphatic rings. The van der Waals surface area contributed by atoms with Crippen molar-refractivity contribution < 1.29 is 30.0 Å². The molecule has 1 aromatic rings. The summed E-state index contributed by atoms with van der Waals surface area (Å²) in [7, 11) is 1.84. The lowest BCUT2D eigenvalue weighted by molar-refractivity contribution is -0.165. The zero-order chi connectivity index (χ0) is 21.6. The molecule has 9 heteroatoms. The zero-order valence-corrected chi connectivity index (χ0v) is 16.5. The van der Waals surface area contributed by atoms with Crippen molar-refractivity contribution in [3.63, 3.8) is 0 Å². The van der Waals surface area contributed by atoms with Gasteiger partial charge in [-0.25, -0.2) is 9.59 Å². The van der Waals surface area contributed by atoms with Crippen molar-refractivity contribution in [2.24, 2.45) is 10.9 Å². The smallest absolute Gasteiger partial charge is 0.335 e. The molecule has 1 aromatic carbocycles. The van der Waals surface area contributed by atoms with Gasteiger partial charge in [-0.1, -0.05) is 41.9 Å². The minimum atomic E-state index is -2.27. The Bertz CT molecular complexity index is 833. The summed E-state index contributed by atoms with van der Waals surface area (Å²) in [5, 5.41) is 36.9. The molecule has 156 valence electrons. The highest BCUT2D eigenvalue weighted by Gasteiger charge is 2.30. The standard InChI is InChI=1S/C16H17ClN2.C4H6O6/c1-18-15-7-6-12(17)10-14(15)16-13-5-3-2-4-11(13)8-9-19-16;5-1(3(7)8)2(6)4(9)10/h2-7,10,14,16,19H,8-9H2,1H3;1-2,5-6H,(H,7,8)(H,9,10)/b18-15+;. The Balaban J connectivity index is 0.000000257. The molecule has 4 atom stereocenters. The molecule has 0 amide bonds. The number of carboxylic acids is 2. The highest BCUT2D eigenvalue weighted by molar-refractivity contribution is 6.32. The largest absolute Gasteiger partial charge is 0.479 e. The van der Waals surface area contributed by atoms with E-state index >= 15 is 0 Å². The van der Waals surface area contributed by atoms with Crippen molar-refractivity contribution in [1.82, 2.24) is 5.32 Å². The Morgan fingerprint density at radius 3 is 2.34 bits per heavy atom. The summed E-state index contributed by atoms with van der Waals surface area (Å²) in [6, 6.07) is 8.91. The third-order valence-corrected chi connectivity index (χ3v) is 4.92. The minimum absolute atomic E-state index is 0.212. The number of aliphatic carboxylic acids is 2. The van der Waals surface area contributed by atoms with Crippen LogP contribution >= 0.6 is 11.6 Å². The lowest BCUT2D eigenvalue weighted by atomic mass is 9.82. The summed E-state index contributed by atoms with van der Waals surface area (Å²) in [6.45, 7) is 1.00. The van der Waals surface area contributed by atoms with Crippen LogP contribution in [0.1, 0.15) is 17.2 Å². The van der Waals surface area contributed by atoms with E-state index in [9.17, 15) is 9.59 Å². The van der Waals surface area contributed by atoms with Gasteiger partial charge in [0.05, 0.1) is 0 Å². The van der Waals surface area contributed by atoms with Crippen LogP contribution < -0.4 is 5.32 Å². The molecule has 0 saturated heterocycles. The van der Waals surface area contributed by atoms with E-state index in [1.165, 1.54) is 11.1 Å². The van der Waals surface area contributed by atoms with E-state index in [1.54, 1.807) is 0 Å². The second-order valence-corrected chi connectivity index (χ2v) is 6.94. The van der Waals surface area contributed by atoms with Crippen molar-refractivity contribution in [3.05, 3.63) is 58.7 Å². The van der Waals surface area contributed by atoms with Gasteiger partial charge in [-0.3, -0.25) is 4.99 Å². The number of carbonyl (C=O) groups is 2. The van der Waals surface area contributed by atoms with Crippen LogP contribution in [0.3, 0.4) is 0 Å². The first-order valence-corrected chi connectivity index (χ1v) is 9.29. The third-order valence-electron chi connectivity index (χ3n) is 4.66. The molecule has 1 heterocycles. The van der Waals surface area contributed by atoms with Crippen LogP contribution in [0.15, 0.2) is 52.5 Å². The number of hydrogen-bond donors (Lipinski definition) is 5. The summed E-state index contributed by atoms with van der Waals surface area (Å²) < 4.78 is 0. The first-order valence-electron chi connectivity index (χ1n) is 8.91. The molecule has 0 fully saturated rings. The van der Waals surface area contributed by atoms with Crippen LogP contribution in [-0.4, -0.2) is 63.9 Å². The Morgan fingerprint density at radius 2 is 1.76 bits per heavy atom. The monoisotopic (exact) mass is 422 g/mol. The highest BCUT2D eigenvalue weighted by atomic mass is 35.5. The van der Waals surface area contributed by atoms with Crippen LogP contribution in [-0.2, 0) is 16.0 Å². The first-order chi connectivity index (χ1) is 13.8. The first kappa shape index (κ1) is 22.8. The second-order valence-electron chi connectivity index (χ2n) is 6.51. The van der Waals surface area contributed by atoms with E-state index in [-0.39, 0.29) is 12.0 Å². The summed E-state index contributed by atoms with van der Waals surface area (Å²) in [4.78, 5) is 23.9. The number of aliphatic hydroxyl groups excluding tert-OH is 2. The molecular formula is C20H23ClN2O6. The van der Waals surface area contributed by atoms with Gasteiger partial charge < -0.3 is 25.7 Å². The quantitative estimate of drug-likeness (QED) is 0.490. The average molecular weight is 423 g/mol. The van der Waals surface area contributed by atoms with Crippen molar-refractivity contribution in [1.29, 1.82) is 0 Å². The van der Waals surface area contributed by atoms with Crippen LogP contribution in [0.4, 0.5) is 0 Å². The van der Waals surface area contributed by atoms with Gasteiger partial charge in [0, 0.05) is 29.8 Å². The SMILES string of the molecule is C/N=C1\C=CC(Cl)=CC1C1NCCc2ccccc21.O=C(O)C(O)C(O)C(=O)O. The summed E-state index contributed by atoms with van der Waals surface area (Å²) in [6.07, 6.45) is 2.59. The van der Waals surface area contributed by atoms with Gasteiger partial charge in [0.1, 0.15) is 0 Å². The number of halogens is 1. The van der Waals surface area contributed by atoms with Crippen LogP contribution in [0.5, 0.6) is 0 Å². The Kier molecular flexibility index (Phi) is 8.10. The van der Waals surface area contributed by atoms with Gasteiger partial charge in [-0.2, -0.15) is 0 Å². The fourth-order valence-corrected chi connectivity index (χ4v) is 3.41. The van der Waals surface area contributed by atoms with Gasteiger partial charge in [0.25, 0.3) is 0 Å². The number of carboxylic acid groups (broad SMARTS) is 2. The van der Waals surface area contributed by atoms with E-state index in [0.717, 1.165) is 23.7 Å². The van der Waals surface area contributed by atoms with E-state index in [0.29, 0.717) is 0 Å². The zero-order valence-electron chi connectivity index (χ0n) is 15.7.